The number of amides is 1. The standard InChI is InChI=1S/C9H10F3N3O6/c1-3(16)5(15-13)7(19)21-2-4(6(17)18)14-8(20)9(10,11)12/h3-4,16H,2H2,1H3,(H,14,20)(H,17,18)/t3?,4-/m0/s1. The number of alkyl halides is 3. The average molecular weight is 313 g/mol. The Bertz CT molecular complexity index is 484. The van der Waals surface area contributed by atoms with Crippen molar-refractivity contribution in [2.75, 3.05) is 6.61 Å². The number of carbonyl (C=O) groups is 3. The van der Waals surface area contributed by atoms with E-state index in [1.807, 2.05) is 0 Å². The number of halogens is 3. The Morgan fingerprint density at radius 3 is 2.24 bits per heavy atom. The van der Waals surface area contributed by atoms with Gasteiger partial charge in [-0.2, -0.15) is 18.0 Å². The molecule has 1 amide bonds. The molecule has 0 heterocycles. The fourth-order valence-corrected chi connectivity index (χ4v) is 0.943. The van der Waals surface area contributed by atoms with Gasteiger partial charge in [-0.1, -0.05) is 0 Å². The van der Waals surface area contributed by atoms with Gasteiger partial charge in [-0.05, 0) is 6.92 Å². The summed E-state index contributed by atoms with van der Waals surface area (Å²) >= 11 is 0. The highest BCUT2D eigenvalue weighted by atomic mass is 19.4. The maximum Gasteiger partial charge on any atom is 0.471 e. The van der Waals surface area contributed by atoms with E-state index in [1.165, 1.54) is 0 Å². The third kappa shape index (κ3) is 6.01. The Kier molecular flexibility index (Phi) is 6.49. The molecule has 2 atom stereocenters. The van der Waals surface area contributed by atoms with E-state index in [9.17, 15) is 27.6 Å². The number of carboxylic acids is 1. The van der Waals surface area contributed by atoms with Crippen molar-refractivity contribution in [1.29, 1.82) is 0 Å². The summed E-state index contributed by atoms with van der Waals surface area (Å²) in [6, 6.07) is -2.17. The zero-order valence-corrected chi connectivity index (χ0v) is 10.4. The number of ether oxygens (including phenoxy) is 1. The van der Waals surface area contributed by atoms with Gasteiger partial charge in [0.25, 0.3) is 0 Å². The van der Waals surface area contributed by atoms with Gasteiger partial charge in [0.15, 0.2) is 12.1 Å². The van der Waals surface area contributed by atoms with Crippen LogP contribution < -0.4 is 5.32 Å². The van der Waals surface area contributed by atoms with E-state index in [1.54, 1.807) is 0 Å². The van der Waals surface area contributed by atoms with Crippen LogP contribution >= 0.6 is 0 Å². The number of aliphatic carboxylic acids is 1. The Morgan fingerprint density at radius 1 is 1.38 bits per heavy atom. The molecule has 0 aliphatic rings. The van der Waals surface area contributed by atoms with E-state index >= 15 is 0 Å². The molecule has 0 spiro atoms. The highest BCUT2D eigenvalue weighted by Crippen LogP contribution is 2.14. The van der Waals surface area contributed by atoms with Gasteiger partial charge in [-0.25, -0.2) is 9.59 Å². The highest BCUT2D eigenvalue weighted by molar-refractivity contribution is 6.35. The first-order chi connectivity index (χ1) is 9.50. The molecule has 0 aromatic heterocycles. The van der Waals surface area contributed by atoms with E-state index in [2.05, 4.69) is 9.53 Å². The SMILES string of the molecule is CC(O)C(=[N+]=[N-])C(=O)OC[C@H](NC(=O)C(F)(F)F)C(=O)O. The maximum atomic E-state index is 12.0. The van der Waals surface area contributed by atoms with Crippen molar-refractivity contribution < 1.29 is 47.3 Å². The minimum atomic E-state index is -5.31. The number of hydrogen-bond acceptors (Lipinski definition) is 5. The van der Waals surface area contributed by atoms with Crippen molar-refractivity contribution >= 4 is 23.6 Å². The molecule has 0 saturated carbocycles. The van der Waals surface area contributed by atoms with Crippen LogP contribution in [0.15, 0.2) is 0 Å². The second kappa shape index (κ2) is 7.36. The van der Waals surface area contributed by atoms with Gasteiger partial charge >= 0.3 is 29.7 Å². The molecule has 12 heteroatoms. The molecule has 21 heavy (non-hydrogen) atoms. The Balaban J connectivity index is 4.76. The van der Waals surface area contributed by atoms with Crippen LogP contribution in [0.3, 0.4) is 0 Å². The third-order valence-corrected chi connectivity index (χ3v) is 1.95. The van der Waals surface area contributed by atoms with Crippen molar-refractivity contribution in [2.45, 2.75) is 25.2 Å². The van der Waals surface area contributed by atoms with E-state index in [0.29, 0.717) is 0 Å². The van der Waals surface area contributed by atoms with Crippen LogP contribution in [0, 0.1) is 0 Å². The minimum absolute atomic E-state index is 0.888. The molecule has 9 nitrogen and oxygen atoms in total. The van der Waals surface area contributed by atoms with Crippen LogP contribution in [-0.2, 0) is 19.1 Å². The molecule has 118 valence electrons. The van der Waals surface area contributed by atoms with Gasteiger partial charge < -0.3 is 25.8 Å². The fraction of sp³-hybridized carbons (Fsp3) is 0.556. The summed E-state index contributed by atoms with van der Waals surface area (Å²) in [5.74, 6) is -5.88. The van der Waals surface area contributed by atoms with E-state index in [0.717, 1.165) is 12.2 Å². The molecule has 0 aliphatic carbocycles. The summed E-state index contributed by atoms with van der Waals surface area (Å²) in [7, 11) is 0. The molecular weight excluding hydrogens is 303 g/mol. The van der Waals surface area contributed by atoms with Crippen molar-refractivity contribution in [3.63, 3.8) is 0 Å². The monoisotopic (exact) mass is 313 g/mol. The van der Waals surface area contributed by atoms with Gasteiger partial charge in [0.1, 0.15) is 6.61 Å². The number of carboxylic acid groups (broad SMARTS) is 1. The number of aliphatic hydroxyl groups excluding tert-OH is 1. The number of carbonyl (C=O) groups excluding carboxylic acids is 2. The lowest BCUT2D eigenvalue weighted by molar-refractivity contribution is -0.176. The lowest BCUT2D eigenvalue weighted by Gasteiger charge is -2.15. The molecule has 0 radical (unpaired) electrons. The van der Waals surface area contributed by atoms with Gasteiger partial charge in [0.2, 0.25) is 0 Å². The molecule has 3 N–H and O–H groups in total. The number of esters is 1. The van der Waals surface area contributed by atoms with Gasteiger partial charge in [0, 0.05) is 0 Å². The van der Waals surface area contributed by atoms with Crippen LogP contribution in [0.25, 0.3) is 5.53 Å². The van der Waals surface area contributed by atoms with Crippen LogP contribution in [-0.4, -0.2) is 63.5 Å². The summed E-state index contributed by atoms with van der Waals surface area (Å²) in [6.07, 6.45) is -6.87. The molecular formula is C9H10F3N3O6. The molecule has 0 aromatic rings. The predicted molar refractivity (Wildman–Crippen MR) is 56.9 cm³/mol. The largest absolute Gasteiger partial charge is 0.480 e. The third-order valence-electron chi connectivity index (χ3n) is 1.95. The van der Waals surface area contributed by atoms with Gasteiger partial charge in [-0.3, -0.25) is 4.79 Å². The van der Waals surface area contributed by atoms with Gasteiger partial charge in [-0.15, -0.1) is 0 Å². The van der Waals surface area contributed by atoms with Crippen LogP contribution in [0.1, 0.15) is 6.92 Å². The molecule has 0 bridgehead atoms. The zero-order chi connectivity index (χ0) is 16.8. The second-order valence-corrected chi connectivity index (χ2v) is 3.62. The first-order valence-corrected chi connectivity index (χ1v) is 5.18. The predicted octanol–water partition coefficient (Wildman–Crippen LogP) is -1.29. The van der Waals surface area contributed by atoms with Crippen molar-refractivity contribution in [3.05, 3.63) is 5.53 Å². The summed E-state index contributed by atoms with van der Waals surface area (Å²) in [5.41, 5.74) is 7.50. The molecule has 0 aliphatic heterocycles. The minimum Gasteiger partial charge on any atom is -0.480 e. The quantitative estimate of drug-likeness (QED) is 0.240. The summed E-state index contributed by atoms with van der Waals surface area (Å²) in [4.78, 5) is 34.8. The van der Waals surface area contributed by atoms with Gasteiger partial charge in [0.05, 0.1) is 0 Å². The number of rotatable bonds is 6. The summed E-state index contributed by atoms with van der Waals surface area (Å²) < 4.78 is 40.1. The lowest BCUT2D eigenvalue weighted by Crippen LogP contribution is -2.49. The maximum absolute atomic E-state index is 12.0. The first-order valence-electron chi connectivity index (χ1n) is 5.18. The molecule has 0 saturated heterocycles. The van der Waals surface area contributed by atoms with E-state index in [-0.39, 0.29) is 0 Å². The molecule has 0 aromatic carbocycles. The van der Waals surface area contributed by atoms with E-state index in [4.69, 9.17) is 15.7 Å². The van der Waals surface area contributed by atoms with Crippen molar-refractivity contribution in [1.82, 2.24) is 5.32 Å². The number of aliphatic hydroxyl groups is 1. The Labute approximate surface area is 114 Å². The summed E-state index contributed by atoms with van der Waals surface area (Å²) in [6.45, 7) is -0.141. The average Bonchev–Trinajstić information content (AvgIpc) is 2.32. The first kappa shape index (κ1) is 18.5. The fourth-order valence-electron chi connectivity index (χ4n) is 0.943. The normalized spacial score (nSPS) is 13.6. The number of nitrogens with zero attached hydrogens (tertiary/aromatic N) is 2. The van der Waals surface area contributed by atoms with Crippen LogP contribution in [0.2, 0.25) is 0 Å². The topological polar surface area (TPSA) is 149 Å². The molecule has 0 rings (SSSR count). The zero-order valence-electron chi connectivity index (χ0n) is 10.4. The summed E-state index contributed by atoms with van der Waals surface area (Å²) in [5, 5.41) is 18.7. The Morgan fingerprint density at radius 2 is 1.90 bits per heavy atom. The van der Waals surface area contributed by atoms with Crippen LogP contribution in [0.4, 0.5) is 13.2 Å². The lowest BCUT2D eigenvalue weighted by atomic mass is 10.2. The van der Waals surface area contributed by atoms with Crippen molar-refractivity contribution in [2.24, 2.45) is 0 Å². The number of nitrogens with one attached hydrogen (secondary N) is 1. The van der Waals surface area contributed by atoms with E-state index < -0.39 is 48.5 Å². The number of hydrogen-bond donors (Lipinski definition) is 3. The molecule has 0 fully saturated rings. The van der Waals surface area contributed by atoms with Crippen LogP contribution in [0.5, 0.6) is 0 Å². The Hall–Kier alpha value is -2.46. The molecule has 1 unspecified atom stereocenters. The second-order valence-electron chi connectivity index (χ2n) is 3.62. The van der Waals surface area contributed by atoms with Crippen molar-refractivity contribution in [3.8, 4) is 0 Å². The highest BCUT2D eigenvalue weighted by Gasteiger charge is 2.41. The smallest absolute Gasteiger partial charge is 0.471 e.